The van der Waals surface area contributed by atoms with Crippen LogP contribution in [0.5, 0.6) is 0 Å². The topological polar surface area (TPSA) is 54.5 Å². The van der Waals surface area contributed by atoms with Gasteiger partial charge in [0.1, 0.15) is 5.82 Å². The van der Waals surface area contributed by atoms with E-state index in [1.165, 1.54) is 18.2 Å². The number of hydrogen-bond donors (Lipinski definition) is 0. The smallest absolute Gasteiger partial charge is 0.176 e. The second kappa shape index (κ2) is 5.79. The van der Waals surface area contributed by atoms with Crippen LogP contribution in [0.25, 0.3) is 0 Å². The van der Waals surface area contributed by atoms with Crippen LogP contribution in [0.1, 0.15) is 16.8 Å². The fraction of sp³-hybridized carbons (Fsp3) is 0.462. The van der Waals surface area contributed by atoms with Crippen LogP contribution in [0.3, 0.4) is 0 Å². The van der Waals surface area contributed by atoms with Crippen molar-refractivity contribution in [2.75, 3.05) is 31.1 Å². The normalized spacial score (nSPS) is 19.8. The molecule has 1 aromatic rings. The van der Waals surface area contributed by atoms with Gasteiger partial charge in [0, 0.05) is 12.1 Å². The van der Waals surface area contributed by atoms with E-state index in [0.29, 0.717) is 25.1 Å². The standard InChI is InChI=1S/C13H16FNO3S/c14-12-4-1-3-11(9-12)13(16)10-15-5-2-7-19(17,18)8-6-15/h1,3-4,9H,2,5-8,10H2. The molecule has 2 rings (SSSR count). The molecule has 1 heterocycles. The predicted octanol–water partition coefficient (Wildman–Crippen LogP) is 1.13. The second-order valence-corrected chi connectivity index (χ2v) is 7.02. The highest BCUT2D eigenvalue weighted by molar-refractivity contribution is 7.91. The van der Waals surface area contributed by atoms with E-state index < -0.39 is 15.7 Å². The second-order valence-electron chi connectivity index (χ2n) is 4.72. The molecule has 0 radical (unpaired) electrons. The summed E-state index contributed by atoms with van der Waals surface area (Å²) in [6.07, 6.45) is 0.540. The minimum Gasteiger partial charge on any atom is -0.295 e. The molecule has 6 heteroatoms. The number of rotatable bonds is 3. The molecule has 1 saturated heterocycles. The van der Waals surface area contributed by atoms with Crippen molar-refractivity contribution in [3.8, 4) is 0 Å². The number of nitrogens with zero attached hydrogens (tertiary/aromatic N) is 1. The Labute approximate surface area is 112 Å². The number of carbonyl (C=O) groups is 1. The Hall–Kier alpha value is -1.27. The van der Waals surface area contributed by atoms with Gasteiger partial charge in [-0.1, -0.05) is 12.1 Å². The Kier molecular flexibility index (Phi) is 4.31. The van der Waals surface area contributed by atoms with Crippen LogP contribution in [0, 0.1) is 5.82 Å². The van der Waals surface area contributed by atoms with E-state index in [1.807, 2.05) is 4.90 Å². The number of Topliss-reactive ketones (excluding diaryl/α,β-unsaturated/α-hetero) is 1. The van der Waals surface area contributed by atoms with Crippen molar-refractivity contribution in [2.24, 2.45) is 0 Å². The van der Waals surface area contributed by atoms with E-state index in [9.17, 15) is 17.6 Å². The van der Waals surface area contributed by atoms with Gasteiger partial charge >= 0.3 is 0 Å². The summed E-state index contributed by atoms with van der Waals surface area (Å²) in [4.78, 5) is 13.8. The minimum atomic E-state index is -2.97. The molecule has 4 nitrogen and oxygen atoms in total. The molecule has 0 saturated carbocycles. The lowest BCUT2D eigenvalue weighted by Gasteiger charge is -2.17. The first-order chi connectivity index (χ1) is 8.96. The Bertz CT molecular complexity index is 571. The summed E-state index contributed by atoms with van der Waals surface area (Å²) >= 11 is 0. The van der Waals surface area contributed by atoms with E-state index >= 15 is 0 Å². The zero-order chi connectivity index (χ0) is 13.9. The summed E-state index contributed by atoms with van der Waals surface area (Å²) in [5, 5.41) is 0. The van der Waals surface area contributed by atoms with Gasteiger partial charge in [0.25, 0.3) is 0 Å². The zero-order valence-electron chi connectivity index (χ0n) is 10.5. The highest BCUT2D eigenvalue weighted by atomic mass is 32.2. The third-order valence-electron chi connectivity index (χ3n) is 3.16. The zero-order valence-corrected chi connectivity index (χ0v) is 11.3. The summed E-state index contributed by atoms with van der Waals surface area (Å²) in [7, 11) is -2.97. The maximum Gasteiger partial charge on any atom is 0.176 e. The molecule has 0 atom stereocenters. The third kappa shape index (κ3) is 4.11. The summed E-state index contributed by atoms with van der Waals surface area (Å²) in [6.45, 7) is 1.09. The molecule has 1 fully saturated rings. The Morgan fingerprint density at radius 2 is 2.05 bits per heavy atom. The summed E-state index contributed by atoms with van der Waals surface area (Å²) in [5.41, 5.74) is 0.326. The molecular weight excluding hydrogens is 269 g/mol. The number of sulfone groups is 1. The first kappa shape index (κ1) is 14.1. The minimum absolute atomic E-state index is 0.0867. The van der Waals surface area contributed by atoms with Gasteiger partial charge < -0.3 is 0 Å². The highest BCUT2D eigenvalue weighted by Crippen LogP contribution is 2.09. The summed E-state index contributed by atoms with van der Waals surface area (Å²) < 4.78 is 35.9. The molecule has 0 spiro atoms. The van der Waals surface area contributed by atoms with Gasteiger partial charge in [-0.3, -0.25) is 9.69 Å². The van der Waals surface area contributed by atoms with Crippen LogP contribution < -0.4 is 0 Å². The molecule has 0 unspecified atom stereocenters. The van der Waals surface area contributed by atoms with Crippen LogP contribution in [0.2, 0.25) is 0 Å². The van der Waals surface area contributed by atoms with Gasteiger partial charge in [0.05, 0.1) is 18.1 Å². The van der Waals surface area contributed by atoms with Crippen LogP contribution >= 0.6 is 0 Å². The average Bonchev–Trinajstić information content (AvgIpc) is 2.51. The maximum absolute atomic E-state index is 13.0. The third-order valence-corrected chi connectivity index (χ3v) is 4.88. The van der Waals surface area contributed by atoms with Crippen LogP contribution in [0.4, 0.5) is 4.39 Å². The number of ketones is 1. The molecule has 1 aliphatic heterocycles. The Morgan fingerprint density at radius 1 is 1.26 bits per heavy atom. The SMILES string of the molecule is O=C(CN1CCCS(=O)(=O)CC1)c1cccc(F)c1. The van der Waals surface area contributed by atoms with Gasteiger partial charge in [0.15, 0.2) is 15.6 Å². The molecule has 0 bridgehead atoms. The lowest BCUT2D eigenvalue weighted by molar-refractivity contribution is 0.0935. The number of benzene rings is 1. The van der Waals surface area contributed by atoms with Gasteiger partial charge in [-0.2, -0.15) is 0 Å². The van der Waals surface area contributed by atoms with E-state index in [-0.39, 0.29) is 23.8 Å². The maximum atomic E-state index is 13.0. The van der Waals surface area contributed by atoms with E-state index in [1.54, 1.807) is 6.07 Å². The van der Waals surface area contributed by atoms with Crippen molar-refractivity contribution >= 4 is 15.6 Å². The molecule has 19 heavy (non-hydrogen) atoms. The van der Waals surface area contributed by atoms with E-state index in [4.69, 9.17) is 0 Å². The van der Waals surface area contributed by atoms with Gasteiger partial charge in [-0.15, -0.1) is 0 Å². The van der Waals surface area contributed by atoms with Crippen LogP contribution in [-0.4, -0.2) is 50.2 Å². The van der Waals surface area contributed by atoms with Crippen molar-refractivity contribution in [2.45, 2.75) is 6.42 Å². The molecule has 1 aromatic carbocycles. The molecule has 0 N–H and O–H groups in total. The van der Waals surface area contributed by atoms with Crippen LogP contribution in [-0.2, 0) is 9.84 Å². The fourth-order valence-corrected chi connectivity index (χ4v) is 3.41. The van der Waals surface area contributed by atoms with Gasteiger partial charge in [-0.05, 0) is 25.1 Å². The van der Waals surface area contributed by atoms with Crippen molar-refractivity contribution in [3.05, 3.63) is 35.6 Å². The van der Waals surface area contributed by atoms with Crippen LogP contribution in [0.15, 0.2) is 24.3 Å². The number of hydrogen-bond acceptors (Lipinski definition) is 4. The fourth-order valence-electron chi connectivity index (χ4n) is 2.10. The number of halogens is 1. The highest BCUT2D eigenvalue weighted by Gasteiger charge is 2.21. The van der Waals surface area contributed by atoms with Gasteiger partial charge in [-0.25, -0.2) is 12.8 Å². The molecule has 0 aromatic heterocycles. The molecule has 1 aliphatic rings. The molecule has 104 valence electrons. The largest absolute Gasteiger partial charge is 0.295 e. The quantitative estimate of drug-likeness (QED) is 0.781. The van der Waals surface area contributed by atoms with Crippen molar-refractivity contribution < 1.29 is 17.6 Å². The van der Waals surface area contributed by atoms with Gasteiger partial charge in [0.2, 0.25) is 0 Å². The Balaban J connectivity index is 1.99. The summed E-state index contributed by atoms with van der Waals surface area (Å²) in [6, 6.07) is 5.56. The monoisotopic (exact) mass is 285 g/mol. The molecule has 0 aliphatic carbocycles. The van der Waals surface area contributed by atoms with Crippen molar-refractivity contribution in [1.29, 1.82) is 0 Å². The average molecular weight is 285 g/mol. The first-order valence-electron chi connectivity index (χ1n) is 6.18. The summed E-state index contributed by atoms with van der Waals surface area (Å²) in [5.74, 6) is -0.357. The van der Waals surface area contributed by atoms with E-state index in [0.717, 1.165) is 0 Å². The molecule has 0 amide bonds. The molecular formula is C13H16FNO3S. The lowest BCUT2D eigenvalue weighted by atomic mass is 10.1. The lowest BCUT2D eigenvalue weighted by Crippen LogP contribution is -2.32. The Morgan fingerprint density at radius 3 is 2.79 bits per heavy atom. The number of carbonyl (C=O) groups excluding carboxylic acids is 1. The van der Waals surface area contributed by atoms with E-state index in [2.05, 4.69) is 0 Å². The predicted molar refractivity (Wildman–Crippen MR) is 70.4 cm³/mol. The van der Waals surface area contributed by atoms with Crippen molar-refractivity contribution in [3.63, 3.8) is 0 Å². The first-order valence-corrected chi connectivity index (χ1v) is 8.00. The van der Waals surface area contributed by atoms with Crippen molar-refractivity contribution in [1.82, 2.24) is 4.90 Å².